The highest BCUT2D eigenvalue weighted by Crippen LogP contribution is 2.30. The molecule has 3 rings (SSSR count). The minimum Gasteiger partial charge on any atom is -0.493 e. The van der Waals surface area contributed by atoms with Gasteiger partial charge in [0.15, 0.2) is 18.1 Å². The molecule has 0 fully saturated rings. The van der Waals surface area contributed by atoms with Crippen LogP contribution in [0.4, 0.5) is 0 Å². The van der Waals surface area contributed by atoms with E-state index in [4.69, 9.17) is 37.4 Å². The van der Waals surface area contributed by atoms with Crippen molar-refractivity contribution in [3.63, 3.8) is 0 Å². The second kappa shape index (κ2) is 11.5. The van der Waals surface area contributed by atoms with Gasteiger partial charge in [-0.05, 0) is 67.4 Å². The maximum atomic E-state index is 12.5. The topological polar surface area (TPSA) is 86.2 Å². The zero-order valence-corrected chi connectivity index (χ0v) is 20.2. The van der Waals surface area contributed by atoms with Crippen LogP contribution in [0.2, 0.25) is 10.0 Å². The van der Waals surface area contributed by atoms with Crippen LogP contribution in [0.1, 0.15) is 27.0 Å². The monoisotopic (exact) mass is 500 g/mol. The van der Waals surface area contributed by atoms with Gasteiger partial charge in [-0.2, -0.15) is 5.10 Å². The molecule has 0 heterocycles. The summed E-state index contributed by atoms with van der Waals surface area (Å²) in [6.45, 7) is 3.72. The van der Waals surface area contributed by atoms with Crippen LogP contribution in [0.25, 0.3) is 0 Å². The van der Waals surface area contributed by atoms with Crippen molar-refractivity contribution in [1.29, 1.82) is 0 Å². The molecule has 0 spiro atoms. The minimum absolute atomic E-state index is 0.171. The van der Waals surface area contributed by atoms with Crippen LogP contribution < -0.4 is 19.6 Å². The van der Waals surface area contributed by atoms with E-state index in [0.29, 0.717) is 22.1 Å². The van der Waals surface area contributed by atoms with Gasteiger partial charge in [-0.15, -0.1) is 0 Å². The Morgan fingerprint density at radius 3 is 2.44 bits per heavy atom. The molecule has 3 aromatic carbocycles. The van der Waals surface area contributed by atoms with Crippen molar-refractivity contribution >= 4 is 41.3 Å². The number of halogens is 2. The molecule has 0 radical (unpaired) electrons. The average molecular weight is 501 g/mol. The van der Waals surface area contributed by atoms with E-state index in [1.165, 1.54) is 25.5 Å². The molecule has 1 amide bonds. The van der Waals surface area contributed by atoms with E-state index in [-0.39, 0.29) is 22.9 Å². The zero-order chi connectivity index (χ0) is 24.7. The number of carbonyl (C=O) groups is 2. The number of hydrazone groups is 1. The van der Waals surface area contributed by atoms with Crippen molar-refractivity contribution in [2.75, 3.05) is 13.7 Å². The van der Waals surface area contributed by atoms with Crippen LogP contribution in [0.15, 0.2) is 59.7 Å². The maximum Gasteiger partial charge on any atom is 0.345 e. The maximum absolute atomic E-state index is 12.5. The number of nitrogens with one attached hydrogen (secondary N) is 1. The Kier molecular flexibility index (Phi) is 8.51. The lowest BCUT2D eigenvalue weighted by molar-refractivity contribution is -0.123. The first-order valence-electron chi connectivity index (χ1n) is 10.1. The molecule has 0 atom stereocenters. The molecule has 7 nitrogen and oxygen atoms in total. The number of nitrogens with zero attached hydrogens (tertiary/aromatic N) is 1. The summed E-state index contributed by atoms with van der Waals surface area (Å²) >= 11 is 11.9. The van der Waals surface area contributed by atoms with Crippen molar-refractivity contribution in [1.82, 2.24) is 5.43 Å². The van der Waals surface area contributed by atoms with E-state index in [2.05, 4.69) is 10.5 Å². The third kappa shape index (κ3) is 6.73. The second-order valence-electron chi connectivity index (χ2n) is 7.27. The summed E-state index contributed by atoms with van der Waals surface area (Å²) in [6.07, 6.45) is 1.43. The highest BCUT2D eigenvalue weighted by molar-refractivity contribution is 6.36. The minimum atomic E-state index is -0.655. The molecule has 1 N–H and O–H groups in total. The van der Waals surface area contributed by atoms with Crippen LogP contribution >= 0.6 is 23.2 Å². The first kappa shape index (κ1) is 25.1. The zero-order valence-electron chi connectivity index (χ0n) is 18.7. The Labute approximate surface area is 207 Å². The van der Waals surface area contributed by atoms with Gasteiger partial charge in [-0.25, -0.2) is 10.2 Å². The summed E-state index contributed by atoms with van der Waals surface area (Å²) in [5, 5.41) is 4.51. The van der Waals surface area contributed by atoms with Gasteiger partial charge in [0.2, 0.25) is 0 Å². The quantitative estimate of drug-likeness (QED) is 0.194. The number of ether oxygens (including phenoxy) is 3. The fourth-order valence-corrected chi connectivity index (χ4v) is 3.46. The third-order valence-corrected chi connectivity index (χ3v) is 5.18. The van der Waals surface area contributed by atoms with Gasteiger partial charge in [0.1, 0.15) is 5.75 Å². The number of carbonyl (C=O) groups excluding carboxylic acids is 2. The number of methoxy groups -OCH3 is 1. The Hall–Kier alpha value is -3.55. The van der Waals surface area contributed by atoms with E-state index in [1.54, 1.807) is 24.3 Å². The molecule has 9 heteroatoms. The van der Waals surface area contributed by atoms with Crippen molar-refractivity contribution in [2.24, 2.45) is 5.10 Å². The van der Waals surface area contributed by atoms with Gasteiger partial charge in [-0.3, -0.25) is 4.79 Å². The molecule has 0 aromatic heterocycles. The van der Waals surface area contributed by atoms with Crippen molar-refractivity contribution < 1.29 is 23.8 Å². The predicted molar refractivity (Wildman–Crippen MR) is 132 cm³/mol. The first-order valence-corrected chi connectivity index (χ1v) is 10.9. The Morgan fingerprint density at radius 1 is 0.971 bits per heavy atom. The van der Waals surface area contributed by atoms with Gasteiger partial charge < -0.3 is 14.2 Å². The lowest BCUT2D eigenvalue weighted by Crippen LogP contribution is -2.24. The van der Waals surface area contributed by atoms with Crippen molar-refractivity contribution in [3.05, 3.63) is 86.9 Å². The number of aryl methyl sites for hydroxylation is 2. The molecule has 34 heavy (non-hydrogen) atoms. The Morgan fingerprint density at radius 2 is 1.74 bits per heavy atom. The number of hydrogen-bond donors (Lipinski definition) is 1. The van der Waals surface area contributed by atoms with E-state index in [9.17, 15) is 9.59 Å². The molecule has 0 saturated heterocycles. The van der Waals surface area contributed by atoms with Gasteiger partial charge in [0.05, 0.1) is 23.9 Å². The SMILES string of the molecule is COc1cc(C=NNC(=O)COc2ccc(C)cc2C)ccc1OC(=O)c1ccc(Cl)cc1Cl. The second-order valence-corrected chi connectivity index (χ2v) is 8.12. The summed E-state index contributed by atoms with van der Waals surface area (Å²) in [4.78, 5) is 24.5. The molecule has 176 valence electrons. The predicted octanol–water partition coefficient (Wildman–Crippen LogP) is 5.37. The lowest BCUT2D eigenvalue weighted by Gasteiger charge is -2.11. The Bertz CT molecular complexity index is 1240. The third-order valence-electron chi connectivity index (χ3n) is 4.63. The molecule has 0 unspecified atom stereocenters. The Balaban J connectivity index is 1.59. The van der Waals surface area contributed by atoms with Crippen molar-refractivity contribution in [2.45, 2.75) is 13.8 Å². The molecular weight excluding hydrogens is 479 g/mol. The summed E-state index contributed by atoms with van der Waals surface area (Å²) in [5.74, 6) is 0.0685. The standard InChI is InChI=1S/C25H22Cl2N2O5/c1-15-4-8-21(16(2)10-15)33-14-24(30)29-28-13-17-5-9-22(23(11-17)32-3)34-25(31)19-7-6-18(26)12-20(19)27/h4-13H,14H2,1-3H3,(H,29,30). The van der Waals surface area contributed by atoms with Crippen LogP contribution in [0.3, 0.4) is 0 Å². The van der Waals surface area contributed by atoms with E-state index < -0.39 is 11.9 Å². The van der Waals surface area contributed by atoms with Crippen molar-refractivity contribution in [3.8, 4) is 17.2 Å². The molecule has 0 bridgehead atoms. The fourth-order valence-electron chi connectivity index (χ4n) is 2.97. The number of hydrogen-bond acceptors (Lipinski definition) is 6. The smallest absolute Gasteiger partial charge is 0.345 e. The molecule has 3 aromatic rings. The highest BCUT2D eigenvalue weighted by atomic mass is 35.5. The first-order chi connectivity index (χ1) is 16.3. The summed E-state index contributed by atoms with van der Waals surface area (Å²) in [6, 6.07) is 15.0. The molecular formula is C25H22Cl2N2O5. The largest absolute Gasteiger partial charge is 0.493 e. The molecule has 0 saturated carbocycles. The molecule has 0 aliphatic carbocycles. The van der Waals surface area contributed by atoms with Gasteiger partial charge >= 0.3 is 5.97 Å². The molecule has 0 aliphatic rings. The summed E-state index contributed by atoms with van der Waals surface area (Å²) < 4.78 is 16.2. The number of rotatable bonds is 8. The van der Waals surface area contributed by atoms with E-state index in [1.807, 2.05) is 32.0 Å². The van der Waals surface area contributed by atoms with Crippen LogP contribution in [-0.4, -0.2) is 31.8 Å². The number of benzene rings is 3. The van der Waals surface area contributed by atoms with Crippen LogP contribution in [0.5, 0.6) is 17.2 Å². The lowest BCUT2D eigenvalue weighted by atomic mass is 10.1. The molecule has 0 aliphatic heterocycles. The van der Waals surface area contributed by atoms with Gasteiger partial charge in [0, 0.05) is 5.02 Å². The van der Waals surface area contributed by atoms with Crippen LogP contribution in [-0.2, 0) is 4.79 Å². The normalized spacial score (nSPS) is 10.7. The fraction of sp³-hybridized carbons (Fsp3) is 0.160. The summed E-state index contributed by atoms with van der Waals surface area (Å²) in [7, 11) is 1.44. The van der Waals surface area contributed by atoms with E-state index in [0.717, 1.165) is 11.1 Å². The van der Waals surface area contributed by atoms with Gasteiger partial charge in [0.25, 0.3) is 5.91 Å². The van der Waals surface area contributed by atoms with E-state index >= 15 is 0 Å². The van der Waals surface area contributed by atoms with Gasteiger partial charge in [-0.1, -0.05) is 40.9 Å². The van der Waals surface area contributed by atoms with Crippen LogP contribution in [0, 0.1) is 13.8 Å². The average Bonchev–Trinajstić information content (AvgIpc) is 2.79. The summed E-state index contributed by atoms with van der Waals surface area (Å²) in [5.41, 5.74) is 5.24. The number of esters is 1. The highest BCUT2D eigenvalue weighted by Gasteiger charge is 2.16. The number of amides is 1.